The summed E-state index contributed by atoms with van der Waals surface area (Å²) in [5.74, 6) is 0. The quantitative estimate of drug-likeness (QED) is 0.530. The Balaban J connectivity index is 2.42. The van der Waals surface area contributed by atoms with Crippen LogP contribution in [0, 0.1) is 0 Å². The van der Waals surface area contributed by atoms with Crippen molar-refractivity contribution < 1.29 is 17.9 Å². The highest BCUT2D eigenvalue weighted by Crippen LogP contribution is 2.22. The van der Waals surface area contributed by atoms with Gasteiger partial charge in [0.2, 0.25) is 6.23 Å². The maximum atomic E-state index is 11.6. The molecule has 1 fully saturated rings. The molecule has 0 bridgehead atoms. The fraction of sp³-hybridized carbons (Fsp3) is 1.00. The predicted octanol–water partition coefficient (Wildman–Crippen LogP) is 0.495. The van der Waals surface area contributed by atoms with Crippen LogP contribution >= 0.6 is 0 Å². The summed E-state index contributed by atoms with van der Waals surface area (Å²) in [5.41, 5.74) is 0. The maximum Gasteiger partial charge on any atom is 0.428 e. The predicted molar refractivity (Wildman–Crippen MR) is 23.8 cm³/mol. The van der Waals surface area contributed by atoms with Crippen LogP contribution in [-0.2, 0) is 4.74 Å². The molecule has 0 radical (unpaired) electrons. The zero-order valence-electron chi connectivity index (χ0n) is 4.53. The number of ether oxygens (including phenoxy) is 1. The van der Waals surface area contributed by atoms with E-state index in [4.69, 9.17) is 0 Å². The molecule has 5 heteroatoms. The minimum absolute atomic E-state index is 0.143. The Hall–Kier alpha value is -0.290. The van der Waals surface area contributed by atoms with Gasteiger partial charge in [-0.05, 0) is 0 Å². The van der Waals surface area contributed by atoms with Crippen molar-refractivity contribution in [3.8, 4) is 0 Å². The van der Waals surface area contributed by atoms with E-state index in [1.165, 1.54) is 0 Å². The maximum absolute atomic E-state index is 11.6. The Kier molecular flexibility index (Phi) is 1.63. The molecule has 0 spiro atoms. The Labute approximate surface area is 50.0 Å². The van der Waals surface area contributed by atoms with Crippen molar-refractivity contribution in [3.05, 3.63) is 0 Å². The average Bonchev–Trinajstić information content (AvgIpc) is 2.08. The lowest BCUT2D eigenvalue weighted by Gasteiger charge is -2.12. The molecule has 0 aromatic carbocycles. The van der Waals surface area contributed by atoms with Crippen molar-refractivity contribution in [1.82, 2.24) is 5.32 Å². The van der Waals surface area contributed by atoms with Crippen LogP contribution in [0.5, 0.6) is 0 Å². The van der Waals surface area contributed by atoms with Gasteiger partial charge in [-0.3, -0.25) is 5.32 Å². The van der Waals surface area contributed by atoms with Crippen LogP contribution in [0.4, 0.5) is 13.2 Å². The van der Waals surface area contributed by atoms with Gasteiger partial charge < -0.3 is 4.74 Å². The highest BCUT2D eigenvalue weighted by Gasteiger charge is 2.42. The van der Waals surface area contributed by atoms with Gasteiger partial charge in [0.05, 0.1) is 6.61 Å². The molecule has 1 N–H and O–H groups in total. The molecule has 1 saturated heterocycles. The molecule has 9 heavy (non-hydrogen) atoms. The van der Waals surface area contributed by atoms with Crippen LogP contribution < -0.4 is 5.32 Å². The normalized spacial score (nSPS) is 29.0. The molecular formula is C4H6F3NO. The summed E-state index contributed by atoms with van der Waals surface area (Å²) in [6, 6.07) is 0. The molecule has 1 aliphatic rings. The van der Waals surface area contributed by atoms with Crippen molar-refractivity contribution in [3.63, 3.8) is 0 Å². The van der Waals surface area contributed by atoms with E-state index in [9.17, 15) is 13.2 Å². The van der Waals surface area contributed by atoms with Crippen molar-refractivity contribution in [2.24, 2.45) is 0 Å². The number of halogens is 3. The molecule has 1 rings (SSSR count). The second-order valence-electron chi connectivity index (χ2n) is 1.75. The first kappa shape index (κ1) is 6.82. The van der Waals surface area contributed by atoms with Crippen molar-refractivity contribution in [2.75, 3.05) is 13.2 Å². The zero-order chi connectivity index (χ0) is 6.91. The topological polar surface area (TPSA) is 21.3 Å². The Bertz CT molecular complexity index is 96.5. The first-order chi connectivity index (χ1) is 4.11. The molecule has 0 saturated carbocycles. The van der Waals surface area contributed by atoms with Gasteiger partial charge in [0.1, 0.15) is 0 Å². The zero-order valence-corrected chi connectivity index (χ0v) is 4.53. The third-order valence-electron chi connectivity index (χ3n) is 1.01. The first-order valence-electron chi connectivity index (χ1n) is 2.52. The minimum atomic E-state index is -4.25. The molecular weight excluding hydrogens is 135 g/mol. The summed E-state index contributed by atoms with van der Waals surface area (Å²) in [5, 5.41) is 2.15. The summed E-state index contributed by atoms with van der Waals surface area (Å²) in [7, 11) is 0. The van der Waals surface area contributed by atoms with Gasteiger partial charge in [-0.15, -0.1) is 0 Å². The summed E-state index contributed by atoms with van der Waals surface area (Å²) >= 11 is 0. The average molecular weight is 141 g/mol. The van der Waals surface area contributed by atoms with Gasteiger partial charge in [0, 0.05) is 6.54 Å². The molecule has 0 aromatic rings. The fourth-order valence-electron chi connectivity index (χ4n) is 0.636. The summed E-state index contributed by atoms with van der Waals surface area (Å²) in [6.07, 6.45) is -5.99. The summed E-state index contributed by atoms with van der Waals surface area (Å²) in [6.45, 7) is 0.425. The Morgan fingerprint density at radius 1 is 1.44 bits per heavy atom. The first-order valence-corrected chi connectivity index (χ1v) is 2.52. The van der Waals surface area contributed by atoms with E-state index in [1.807, 2.05) is 0 Å². The highest BCUT2D eigenvalue weighted by atomic mass is 19.4. The second-order valence-corrected chi connectivity index (χ2v) is 1.75. The van der Waals surface area contributed by atoms with E-state index in [0.29, 0.717) is 0 Å². The van der Waals surface area contributed by atoms with Crippen LogP contribution in [0.15, 0.2) is 0 Å². The number of hydrogen-bond acceptors (Lipinski definition) is 2. The number of rotatable bonds is 0. The Morgan fingerprint density at radius 3 is 2.33 bits per heavy atom. The third-order valence-corrected chi connectivity index (χ3v) is 1.01. The molecule has 1 aliphatic heterocycles. The fourth-order valence-corrected chi connectivity index (χ4v) is 0.636. The van der Waals surface area contributed by atoms with E-state index in [-0.39, 0.29) is 13.2 Å². The van der Waals surface area contributed by atoms with Gasteiger partial charge in [0.25, 0.3) is 0 Å². The second kappa shape index (κ2) is 2.15. The molecule has 1 unspecified atom stereocenters. The monoisotopic (exact) mass is 141 g/mol. The van der Waals surface area contributed by atoms with E-state index in [2.05, 4.69) is 10.1 Å². The lowest BCUT2D eigenvalue weighted by molar-refractivity contribution is -0.212. The van der Waals surface area contributed by atoms with Gasteiger partial charge in [0.15, 0.2) is 0 Å². The van der Waals surface area contributed by atoms with Crippen LogP contribution in [0.3, 0.4) is 0 Å². The van der Waals surface area contributed by atoms with Crippen molar-refractivity contribution in [2.45, 2.75) is 12.4 Å². The smallest absolute Gasteiger partial charge is 0.353 e. The van der Waals surface area contributed by atoms with Gasteiger partial charge in [-0.25, -0.2) is 0 Å². The lowest BCUT2D eigenvalue weighted by Crippen LogP contribution is -2.38. The number of nitrogens with one attached hydrogen (secondary N) is 1. The molecule has 1 atom stereocenters. The molecule has 54 valence electrons. The minimum Gasteiger partial charge on any atom is -0.353 e. The SMILES string of the molecule is FC(F)(F)C1NCCO1. The van der Waals surface area contributed by atoms with E-state index in [1.54, 1.807) is 0 Å². The van der Waals surface area contributed by atoms with Crippen LogP contribution in [0.25, 0.3) is 0 Å². The van der Waals surface area contributed by atoms with Crippen LogP contribution in [-0.4, -0.2) is 25.6 Å². The van der Waals surface area contributed by atoms with E-state index < -0.39 is 12.4 Å². The van der Waals surface area contributed by atoms with Crippen molar-refractivity contribution in [1.29, 1.82) is 0 Å². The van der Waals surface area contributed by atoms with Crippen LogP contribution in [0.2, 0.25) is 0 Å². The highest BCUT2D eigenvalue weighted by molar-refractivity contribution is 4.69. The van der Waals surface area contributed by atoms with Gasteiger partial charge >= 0.3 is 6.18 Å². The number of alkyl halides is 3. The lowest BCUT2D eigenvalue weighted by atomic mass is 10.6. The standard InChI is InChI=1S/C4H6F3NO/c5-4(6,7)3-8-1-2-9-3/h3,8H,1-2H2. The van der Waals surface area contributed by atoms with Crippen molar-refractivity contribution >= 4 is 0 Å². The molecule has 1 heterocycles. The molecule has 2 nitrogen and oxygen atoms in total. The third kappa shape index (κ3) is 1.56. The van der Waals surface area contributed by atoms with E-state index >= 15 is 0 Å². The van der Waals surface area contributed by atoms with E-state index in [0.717, 1.165) is 0 Å². The van der Waals surface area contributed by atoms with Gasteiger partial charge in [-0.1, -0.05) is 0 Å². The summed E-state index contributed by atoms with van der Waals surface area (Å²) < 4.78 is 39.0. The number of hydrogen-bond donors (Lipinski definition) is 1. The van der Waals surface area contributed by atoms with Crippen LogP contribution in [0.1, 0.15) is 0 Å². The largest absolute Gasteiger partial charge is 0.428 e. The molecule has 0 aliphatic carbocycles. The molecule has 0 aromatic heterocycles. The van der Waals surface area contributed by atoms with Gasteiger partial charge in [-0.2, -0.15) is 13.2 Å². The Morgan fingerprint density at radius 2 is 2.11 bits per heavy atom. The summed E-state index contributed by atoms with van der Waals surface area (Å²) in [4.78, 5) is 0. The molecule has 0 amide bonds.